The monoisotopic (exact) mass is 276 g/mol. The minimum absolute atomic E-state index is 0.599. The van der Waals surface area contributed by atoms with E-state index in [1.807, 2.05) is 32.0 Å². The molecule has 0 radical (unpaired) electrons. The van der Waals surface area contributed by atoms with Crippen molar-refractivity contribution >= 4 is 34.6 Å². The molecule has 0 aliphatic carbocycles. The maximum absolute atomic E-state index is 12.6. The van der Waals surface area contributed by atoms with Gasteiger partial charge in [-0.25, -0.2) is 0 Å². The molecule has 0 N–H and O–H groups in total. The zero-order valence-electron chi connectivity index (χ0n) is 9.58. The van der Waals surface area contributed by atoms with Gasteiger partial charge in [-0.05, 0) is 32.0 Å². The molecule has 1 aromatic rings. The molecule has 1 rings (SSSR count). The zero-order valence-corrected chi connectivity index (χ0v) is 12.0. The van der Waals surface area contributed by atoms with E-state index in [-0.39, 0.29) is 0 Å². The van der Waals surface area contributed by atoms with Gasteiger partial charge in [0.1, 0.15) is 0 Å². The second-order valence-corrected chi connectivity index (χ2v) is 9.01. The van der Waals surface area contributed by atoms with Gasteiger partial charge in [-0.1, -0.05) is 48.0 Å². The predicted octanol–water partition coefficient (Wildman–Crippen LogP) is 4.75. The standard InChI is InChI=1S/C12H15Cl2OP/c1-10(13)9-12(2,3)16(14,15)11-7-5-4-6-8-11/h4-9H,1-3H3/b10-9-. The molecule has 0 saturated carbocycles. The lowest BCUT2D eigenvalue weighted by atomic mass is 10.2. The number of benzene rings is 1. The fourth-order valence-corrected chi connectivity index (χ4v) is 3.94. The van der Waals surface area contributed by atoms with Crippen LogP contribution in [-0.2, 0) is 4.57 Å². The molecule has 0 fully saturated rings. The molecule has 1 atom stereocenters. The largest absolute Gasteiger partial charge is 0.301 e. The summed E-state index contributed by atoms with van der Waals surface area (Å²) in [5.41, 5.74) is 0. The number of hydrogen-bond donors (Lipinski definition) is 0. The Hall–Kier alpha value is -0.230. The molecular weight excluding hydrogens is 262 g/mol. The smallest absolute Gasteiger partial charge is 0.206 e. The van der Waals surface area contributed by atoms with Crippen molar-refractivity contribution in [1.82, 2.24) is 0 Å². The fraction of sp³-hybridized carbons (Fsp3) is 0.333. The summed E-state index contributed by atoms with van der Waals surface area (Å²) in [7, 11) is 0. The van der Waals surface area contributed by atoms with E-state index in [1.165, 1.54) is 0 Å². The van der Waals surface area contributed by atoms with Gasteiger partial charge in [0.25, 0.3) is 0 Å². The van der Waals surface area contributed by atoms with Crippen LogP contribution in [0.5, 0.6) is 0 Å². The Balaban J connectivity index is 3.22. The van der Waals surface area contributed by atoms with Crippen LogP contribution in [0.3, 0.4) is 0 Å². The van der Waals surface area contributed by atoms with Crippen molar-refractivity contribution in [3.05, 3.63) is 41.4 Å². The van der Waals surface area contributed by atoms with Crippen LogP contribution in [0.15, 0.2) is 41.4 Å². The Morgan fingerprint density at radius 1 is 1.31 bits per heavy atom. The zero-order chi connectivity index (χ0) is 12.4. The maximum Gasteiger partial charge on any atom is 0.206 e. The van der Waals surface area contributed by atoms with Crippen molar-refractivity contribution in [1.29, 1.82) is 0 Å². The highest BCUT2D eigenvalue weighted by atomic mass is 35.7. The van der Waals surface area contributed by atoms with Crippen LogP contribution in [0.2, 0.25) is 0 Å². The number of rotatable bonds is 3. The van der Waals surface area contributed by atoms with Crippen molar-refractivity contribution in [3.8, 4) is 0 Å². The van der Waals surface area contributed by atoms with Crippen molar-refractivity contribution in [2.45, 2.75) is 25.9 Å². The van der Waals surface area contributed by atoms with E-state index in [1.54, 1.807) is 25.1 Å². The summed E-state index contributed by atoms with van der Waals surface area (Å²) in [4.78, 5) is 0. The van der Waals surface area contributed by atoms with Crippen LogP contribution in [0.4, 0.5) is 0 Å². The van der Waals surface area contributed by atoms with Crippen molar-refractivity contribution in [2.24, 2.45) is 0 Å². The van der Waals surface area contributed by atoms with E-state index in [0.29, 0.717) is 10.3 Å². The van der Waals surface area contributed by atoms with Crippen LogP contribution >= 0.6 is 29.3 Å². The maximum atomic E-state index is 12.6. The van der Waals surface area contributed by atoms with Gasteiger partial charge in [-0.2, -0.15) is 0 Å². The van der Waals surface area contributed by atoms with Crippen LogP contribution in [0, 0.1) is 0 Å². The molecule has 16 heavy (non-hydrogen) atoms. The van der Waals surface area contributed by atoms with E-state index < -0.39 is 11.7 Å². The molecular formula is C12H15Cl2OP. The van der Waals surface area contributed by atoms with Gasteiger partial charge in [0.2, 0.25) is 6.49 Å². The fourth-order valence-electron chi connectivity index (χ4n) is 1.52. The van der Waals surface area contributed by atoms with Gasteiger partial charge in [-0.3, -0.25) is 0 Å². The lowest BCUT2D eigenvalue weighted by molar-refractivity contribution is 0.575. The minimum atomic E-state index is -2.99. The van der Waals surface area contributed by atoms with E-state index in [0.717, 1.165) is 0 Å². The predicted molar refractivity (Wildman–Crippen MR) is 73.2 cm³/mol. The average molecular weight is 277 g/mol. The summed E-state index contributed by atoms with van der Waals surface area (Å²) in [6, 6.07) is 9.10. The summed E-state index contributed by atoms with van der Waals surface area (Å²) in [6.07, 6.45) is 1.75. The Labute approximate surface area is 107 Å². The van der Waals surface area contributed by atoms with Crippen molar-refractivity contribution < 1.29 is 4.57 Å². The third kappa shape index (κ3) is 2.91. The molecule has 0 aromatic heterocycles. The van der Waals surface area contributed by atoms with E-state index in [4.69, 9.17) is 22.8 Å². The van der Waals surface area contributed by atoms with Crippen LogP contribution in [0.25, 0.3) is 0 Å². The molecule has 0 saturated heterocycles. The van der Waals surface area contributed by atoms with Crippen LogP contribution in [-0.4, -0.2) is 5.16 Å². The SMILES string of the molecule is C/C(Cl)=C/C(C)(C)P(=O)(Cl)c1ccccc1. The molecule has 0 amide bonds. The molecule has 0 aliphatic rings. The summed E-state index contributed by atoms with van der Waals surface area (Å²) >= 11 is 12.1. The molecule has 88 valence electrons. The van der Waals surface area contributed by atoms with Gasteiger partial charge in [-0.15, -0.1) is 0 Å². The summed E-state index contributed by atoms with van der Waals surface area (Å²) in [5, 5.41) is 0.611. The highest BCUT2D eigenvalue weighted by Crippen LogP contribution is 2.62. The highest BCUT2D eigenvalue weighted by molar-refractivity contribution is 7.96. The third-order valence-electron chi connectivity index (χ3n) is 2.38. The first kappa shape index (κ1) is 13.8. The average Bonchev–Trinajstić information content (AvgIpc) is 2.17. The first-order chi connectivity index (χ1) is 7.27. The molecule has 0 heterocycles. The molecule has 1 unspecified atom stereocenters. The molecule has 0 aliphatic heterocycles. The van der Waals surface area contributed by atoms with Crippen LogP contribution in [0.1, 0.15) is 20.8 Å². The Bertz CT molecular complexity index is 434. The lowest BCUT2D eigenvalue weighted by Gasteiger charge is -2.27. The Kier molecular flexibility index (Phi) is 4.29. The lowest BCUT2D eigenvalue weighted by Crippen LogP contribution is -2.21. The Morgan fingerprint density at radius 2 is 1.81 bits per heavy atom. The Morgan fingerprint density at radius 3 is 2.25 bits per heavy atom. The third-order valence-corrected chi connectivity index (χ3v) is 6.96. The van der Waals surface area contributed by atoms with Gasteiger partial charge in [0.05, 0.1) is 5.16 Å². The molecule has 0 bridgehead atoms. The normalized spacial score (nSPS) is 16.9. The number of allylic oxidation sites excluding steroid dienone is 2. The second-order valence-electron chi connectivity index (χ2n) is 4.25. The summed E-state index contributed by atoms with van der Waals surface area (Å²) < 4.78 is 12.6. The number of halogens is 2. The molecule has 1 aromatic carbocycles. The van der Waals surface area contributed by atoms with Gasteiger partial charge >= 0.3 is 0 Å². The topological polar surface area (TPSA) is 17.1 Å². The second kappa shape index (κ2) is 4.96. The van der Waals surface area contributed by atoms with Gasteiger partial charge in [0.15, 0.2) is 0 Å². The summed E-state index contributed by atoms with van der Waals surface area (Å²) in [6.45, 7) is 2.43. The molecule has 0 spiro atoms. The molecule has 4 heteroatoms. The van der Waals surface area contributed by atoms with Crippen molar-refractivity contribution in [2.75, 3.05) is 0 Å². The van der Waals surface area contributed by atoms with E-state index >= 15 is 0 Å². The van der Waals surface area contributed by atoms with E-state index in [9.17, 15) is 4.57 Å². The summed E-state index contributed by atoms with van der Waals surface area (Å²) in [5.74, 6) is 0. The number of hydrogen-bond acceptors (Lipinski definition) is 1. The minimum Gasteiger partial charge on any atom is -0.301 e. The van der Waals surface area contributed by atoms with Gasteiger partial charge < -0.3 is 4.57 Å². The quantitative estimate of drug-likeness (QED) is 0.728. The van der Waals surface area contributed by atoms with Crippen molar-refractivity contribution in [3.63, 3.8) is 0 Å². The van der Waals surface area contributed by atoms with Gasteiger partial charge in [0, 0.05) is 10.3 Å². The van der Waals surface area contributed by atoms with Crippen LogP contribution < -0.4 is 5.30 Å². The highest BCUT2D eigenvalue weighted by Gasteiger charge is 2.38. The first-order valence-corrected chi connectivity index (χ1v) is 7.97. The first-order valence-electron chi connectivity index (χ1n) is 4.98. The molecule has 1 nitrogen and oxygen atoms in total. The van der Waals surface area contributed by atoms with E-state index in [2.05, 4.69) is 0 Å².